The van der Waals surface area contributed by atoms with Crippen LogP contribution in [0.3, 0.4) is 0 Å². The number of hydrogen-bond donors (Lipinski definition) is 0. The summed E-state index contributed by atoms with van der Waals surface area (Å²) in [5.74, 6) is 0.873. The molecule has 1 aromatic carbocycles. The van der Waals surface area contributed by atoms with E-state index in [2.05, 4.69) is 6.58 Å². The van der Waals surface area contributed by atoms with Gasteiger partial charge in [-0.05, 0) is 31.0 Å². The van der Waals surface area contributed by atoms with Crippen LogP contribution in [0.5, 0.6) is 5.75 Å². The van der Waals surface area contributed by atoms with Crippen LogP contribution < -0.4 is 4.74 Å². The second-order valence-electron chi connectivity index (χ2n) is 3.49. The fourth-order valence-corrected chi connectivity index (χ4v) is 1.26. The molecule has 2 nitrogen and oxygen atoms in total. The third kappa shape index (κ3) is 4.17. The van der Waals surface area contributed by atoms with Crippen LogP contribution in [0.15, 0.2) is 36.9 Å². The van der Waals surface area contributed by atoms with Gasteiger partial charge in [-0.2, -0.15) is 0 Å². The molecule has 0 unspecified atom stereocenters. The average Bonchev–Trinajstić information content (AvgIpc) is 2.27. The Morgan fingerprint density at radius 3 is 2.53 bits per heavy atom. The van der Waals surface area contributed by atoms with E-state index in [0.717, 1.165) is 17.7 Å². The Morgan fingerprint density at radius 2 is 2.00 bits per heavy atom. The monoisotopic (exact) mass is 206 g/mol. The molecule has 0 aliphatic heterocycles. The lowest BCUT2D eigenvalue weighted by molar-refractivity contribution is 0.0553. The zero-order valence-electron chi connectivity index (χ0n) is 9.40. The number of ether oxygens (including phenoxy) is 2. The zero-order valence-corrected chi connectivity index (χ0v) is 9.40. The van der Waals surface area contributed by atoms with Crippen molar-refractivity contribution in [2.45, 2.75) is 26.1 Å². The Morgan fingerprint density at radius 1 is 1.33 bits per heavy atom. The predicted molar refractivity (Wildman–Crippen MR) is 62.1 cm³/mol. The van der Waals surface area contributed by atoms with Crippen LogP contribution in [0, 0.1) is 0 Å². The quantitative estimate of drug-likeness (QED) is 0.665. The third-order valence-corrected chi connectivity index (χ3v) is 2.19. The van der Waals surface area contributed by atoms with Crippen LogP contribution >= 0.6 is 0 Å². The lowest BCUT2D eigenvalue weighted by atomic mass is 10.2. The third-order valence-electron chi connectivity index (χ3n) is 2.19. The highest BCUT2D eigenvalue weighted by Gasteiger charge is 2.00. The Hall–Kier alpha value is -1.28. The zero-order chi connectivity index (χ0) is 11.1. The molecule has 0 saturated carbocycles. The van der Waals surface area contributed by atoms with Gasteiger partial charge in [-0.1, -0.05) is 18.2 Å². The smallest absolute Gasteiger partial charge is 0.118 e. The SMILES string of the molecule is C=CC[C@@H](C)OCc1ccc(OC)cc1. The van der Waals surface area contributed by atoms with E-state index in [1.54, 1.807) is 7.11 Å². The van der Waals surface area contributed by atoms with E-state index in [4.69, 9.17) is 9.47 Å². The molecule has 1 aromatic rings. The van der Waals surface area contributed by atoms with E-state index in [-0.39, 0.29) is 6.10 Å². The van der Waals surface area contributed by atoms with Gasteiger partial charge < -0.3 is 9.47 Å². The second kappa shape index (κ2) is 6.25. The van der Waals surface area contributed by atoms with Gasteiger partial charge in [-0.25, -0.2) is 0 Å². The average molecular weight is 206 g/mol. The maximum absolute atomic E-state index is 5.63. The molecule has 0 spiro atoms. The molecule has 15 heavy (non-hydrogen) atoms. The largest absolute Gasteiger partial charge is 0.497 e. The lowest BCUT2D eigenvalue weighted by Gasteiger charge is -2.10. The highest BCUT2D eigenvalue weighted by atomic mass is 16.5. The van der Waals surface area contributed by atoms with E-state index in [1.807, 2.05) is 37.3 Å². The Balaban J connectivity index is 2.40. The van der Waals surface area contributed by atoms with Gasteiger partial charge in [0.25, 0.3) is 0 Å². The van der Waals surface area contributed by atoms with Crippen molar-refractivity contribution in [1.82, 2.24) is 0 Å². The van der Waals surface area contributed by atoms with Crippen molar-refractivity contribution >= 4 is 0 Å². The molecular formula is C13H18O2. The highest BCUT2D eigenvalue weighted by Crippen LogP contribution is 2.13. The van der Waals surface area contributed by atoms with Crippen LogP contribution in [0.4, 0.5) is 0 Å². The van der Waals surface area contributed by atoms with Crippen LogP contribution in [0.1, 0.15) is 18.9 Å². The van der Waals surface area contributed by atoms with E-state index in [1.165, 1.54) is 0 Å². The van der Waals surface area contributed by atoms with Crippen LogP contribution in [-0.4, -0.2) is 13.2 Å². The van der Waals surface area contributed by atoms with Gasteiger partial charge in [0.15, 0.2) is 0 Å². The van der Waals surface area contributed by atoms with Gasteiger partial charge in [0.2, 0.25) is 0 Å². The molecule has 2 heteroatoms. The van der Waals surface area contributed by atoms with Crippen LogP contribution in [0.2, 0.25) is 0 Å². The van der Waals surface area contributed by atoms with Crippen molar-refractivity contribution in [1.29, 1.82) is 0 Å². The molecule has 82 valence electrons. The standard InChI is InChI=1S/C13H18O2/c1-4-5-11(2)15-10-12-6-8-13(14-3)9-7-12/h4,6-9,11H,1,5,10H2,2-3H3/t11-/m1/s1. The van der Waals surface area contributed by atoms with Gasteiger partial charge in [0.05, 0.1) is 19.8 Å². The van der Waals surface area contributed by atoms with Crippen LogP contribution in [0.25, 0.3) is 0 Å². The van der Waals surface area contributed by atoms with Gasteiger partial charge in [-0.15, -0.1) is 6.58 Å². The summed E-state index contributed by atoms with van der Waals surface area (Å²) >= 11 is 0. The van der Waals surface area contributed by atoms with E-state index < -0.39 is 0 Å². The first-order valence-corrected chi connectivity index (χ1v) is 5.11. The summed E-state index contributed by atoms with van der Waals surface area (Å²) in [7, 11) is 1.66. The summed E-state index contributed by atoms with van der Waals surface area (Å²) in [6, 6.07) is 7.91. The molecule has 0 fully saturated rings. The molecule has 0 heterocycles. The molecule has 0 amide bonds. The molecule has 0 aliphatic rings. The topological polar surface area (TPSA) is 18.5 Å². The summed E-state index contributed by atoms with van der Waals surface area (Å²) in [6.07, 6.45) is 2.99. The van der Waals surface area contributed by atoms with Gasteiger partial charge in [0.1, 0.15) is 5.75 Å². The summed E-state index contributed by atoms with van der Waals surface area (Å²) < 4.78 is 10.7. The maximum Gasteiger partial charge on any atom is 0.118 e. The van der Waals surface area contributed by atoms with Crippen LogP contribution in [-0.2, 0) is 11.3 Å². The molecule has 0 aliphatic carbocycles. The number of rotatable bonds is 6. The van der Waals surface area contributed by atoms with Crippen molar-refractivity contribution in [3.63, 3.8) is 0 Å². The fourth-order valence-electron chi connectivity index (χ4n) is 1.26. The van der Waals surface area contributed by atoms with Crippen molar-refractivity contribution in [2.75, 3.05) is 7.11 Å². The molecule has 0 bridgehead atoms. The molecule has 0 saturated heterocycles. The first-order chi connectivity index (χ1) is 7.26. The van der Waals surface area contributed by atoms with Crippen molar-refractivity contribution in [3.05, 3.63) is 42.5 Å². The van der Waals surface area contributed by atoms with E-state index in [0.29, 0.717) is 6.61 Å². The number of hydrogen-bond acceptors (Lipinski definition) is 2. The number of benzene rings is 1. The molecule has 1 rings (SSSR count). The minimum Gasteiger partial charge on any atom is -0.497 e. The molecule has 0 aromatic heterocycles. The first-order valence-electron chi connectivity index (χ1n) is 5.11. The first kappa shape index (κ1) is 11.8. The Kier molecular flexibility index (Phi) is 4.91. The summed E-state index contributed by atoms with van der Waals surface area (Å²) in [6.45, 7) is 6.37. The second-order valence-corrected chi connectivity index (χ2v) is 3.49. The van der Waals surface area contributed by atoms with E-state index >= 15 is 0 Å². The lowest BCUT2D eigenvalue weighted by Crippen LogP contribution is -2.06. The van der Waals surface area contributed by atoms with Crippen molar-refractivity contribution < 1.29 is 9.47 Å². The summed E-state index contributed by atoms with van der Waals surface area (Å²) in [5, 5.41) is 0. The molecular weight excluding hydrogens is 188 g/mol. The Labute approximate surface area is 91.5 Å². The summed E-state index contributed by atoms with van der Waals surface area (Å²) in [4.78, 5) is 0. The molecule has 0 N–H and O–H groups in total. The fraction of sp³-hybridized carbons (Fsp3) is 0.385. The minimum absolute atomic E-state index is 0.226. The predicted octanol–water partition coefficient (Wildman–Crippen LogP) is 3.18. The molecule has 0 radical (unpaired) electrons. The van der Waals surface area contributed by atoms with E-state index in [9.17, 15) is 0 Å². The van der Waals surface area contributed by atoms with Gasteiger partial charge in [-0.3, -0.25) is 0 Å². The van der Waals surface area contributed by atoms with Gasteiger partial charge in [0, 0.05) is 0 Å². The van der Waals surface area contributed by atoms with Gasteiger partial charge >= 0.3 is 0 Å². The van der Waals surface area contributed by atoms with Crippen molar-refractivity contribution in [3.8, 4) is 5.75 Å². The summed E-state index contributed by atoms with van der Waals surface area (Å²) in [5.41, 5.74) is 1.16. The number of methoxy groups -OCH3 is 1. The molecule has 1 atom stereocenters. The minimum atomic E-state index is 0.226. The Bertz CT molecular complexity index is 290. The normalized spacial score (nSPS) is 12.1. The maximum atomic E-state index is 5.63. The van der Waals surface area contributed by atoms with Crippen molar-refractivity contribution in [2.24, 2.45) is 0 Å². The highest BCUT2D eigenvalue weighted by molar-refractivity contribution is 5.26.